The number of halogens is 2. The predicted molar refractivity (Wildman–Crippen MR) is 81.8 cm³/mol. The van der Waals surface area contributed by atoms with Crippen LogP contribution >= 0.6 is 18.8 Å². The van der Waals surface area contributed by atoms with Gasteiger partial charge in [-0.3, -0.25) is 0 Å². The number of hydrogen-bond donors (Lipinski definition) is 4. The van der Waals surface area contributed by atoms with Crippen LogP contribution in [-0.2, 0) is 16.5 Å². The van der Waals surface area contributed by atoms with E-state index in [-0.39, 0.29) is 23.6 Å². The van der Waals surface area contributed by atoms with E-state index in [1.165, 1.54) is 0 Å². The van der Waals surface area contributed by atoms with Crippen LogP contribution in [-0.4, -0.2) is 10.2 Å². The van der Waals surface area contributed by atoms with Gasteiger partial charge in [-0.25, -0.2) is 0 Å². The summed E-state index contributed by atoms with van der Waals surface area (Å²) in [6, 6.07) is 12.6. The molecule has 2 unspecified atom stereocenters. The SMILES string of the molecule is NC(c1ccc(O)cc1)C(N)c1ccc(O)cc1.[Cl][Pt][Cl]. The quantitative estimate of drug-likeness (QED) is 0.511. The zero-order valence-electron chi connectivity index (χ0n) is 10.9. The molecule has 2 aromatic rings. The van der Waals surface area contributed by atoms with Crippen LogP contribution in [0, 0.1) is 0 Å². The molecule has 7 heteroatoms. The van der Waals surface area contributed by atoms with Crippen LogP contribution in [0.1, 0.15) is 23.2 Å². The van der Waals surface area contributed by atoms with Crippen molar-refractivity contribution in [3.8, 4) is 11.5 Å². The van der Waals surface area contributed by atoms with Crippen molar-refractivity contribution in [3.05, 3.63) is 59.7 Å². The fourth-order valence-corrected chi connectivity index (χ4v) is 1.81. The fourth-order valence-electron chi connectivity index (χ4n) is 1.81. The average molecular weight is 510 g/mol. The molecule has 0 aliphatic heterocycles. The van der Waals surface area contributed by atoms with E-state index in [0.717, 1.165) is 11.1 Å². The summed E-state index contributed by atoms with van der Waals surface area (Å²) in [5, 5.41) is 18.4. The average Bonchev–Trinajstić information content (AvgIpc) is 2.48. The first-order valence-corrected chi connectivity index (χ1v) is 11.5. The van der Waals surface area contributed by atoms with Crippen LogP contribution < -0.4 is 11.5 Å². The molecular weight excluding hydrogens is 494 g/mol. The van der Waals surface area contributed by atoms with Crippen LogP contribution in [0.2, 0.25) is 0 Å². The normalized spacial score (nSPS) is 13.1. The molecule has 0 saturated carbocycles. The fraction of sp³-hybridized carbons (Fsp3) is 0.143. The van der Waals surface area contributed by atoms with Crippen molar-refractivity contribution < 1.29 is 26.7 Å². The van der Waals surface area contributed by atoms with Crippen molar-refractivity contribution in [3.63, 3.8) is 0 Å². The third-order valence-electron chi connectivity index (χ3n) is 2.94. The van der Waals surface area contributed by atoms with Gasteiger partial charge in [-0.15, -0.1) is 0 Å². The number of phenols is 2. The Kier molecular flexibility index (Phi) is 8.08. The number of aromatic hydroxyl groups is 2. The molecule has 0 aliphatic carbocycles. The Morgan fingerprint density at radius 1 is 0.714 bits per heavy atom. The van der Waals surface area contributed by atoms with Gasteiger partial charge in [0.25, 0.3) is 0 Å². The zero-order chi connectivity index (χ0) is 15.8. The molecular formula is C14H16Cl2N2O2Pt. The van der Waals surface area contributed by atoms with E-state index in [4.69, 9.17) is 30.3 Å². The Morgan fingerprint density at radius 3 is 1.19 bits per heavy atom. The van der Waals surface area contributed by atoms with Gasteiger partial charge in [0.1, 0.15) is 11.5 Å². The zero-order valence-corrected chi connectivity index (χ0v) is 14.7. The van der Waals surface area contributed by atoms with Gasteiger partial charge < -0.3 is 21.7 Å². The van der Waals surface area contributed by atoms with Gasteiger partial charge in [-0.1, -0.05) is 24.3 Å². The van der Waals surface area contributed by atoms with Crippen molar-refractivity contribution in [2.75, 3.05) is 0 Å². The number of benzene rings is 2. The molecule has 0 radical (unpaired) electrons. The second-order valence-electron chi connectivity index (χ2n) is 4.28. The van der Waals surface area contributed by atoms with Crippen molar-refractivity contribution in [2.24, 2.45) is 11.5 Å². The van der Waals surface area contributed by atoms with Gasteiger partial charge in [0.2, 0.25) is 0 Å². The van der Waals surface area contributed by atoms with Crippen LogP contribution in [0.4, 0.5) is 0 Å². The van der Waals surface area contributed by atoms with Crippen molar-refractivity contribution >= 4 is 18.8 Å². The molecule has 2 rings (SSSR count). The minimum atomic E-state index is -0.472. The van der Waals surface area contributed by atoms with Crippen LogP contribution in [0.25, 0.3) is 0 Å². The molecule has 0 saturated heterocycles. The van der Waals surface area contributed by atoms with Crippen LogP contribution in [0.3, 0.4) is 0 Å². The van der Waals surface area contributed by atoms with E-state index >= 15 is 0 Å². The maximum atomic E-state index is 9.22. The first-order valence-electron chi connectivity index (χ1n) is 5.91. The number of nitrogens with two attached hydrogens (primary N) is 2. The van der Waals surface area contributed by atoms with E-state index in [2.05, 4.69) is 0 Å². The van der Waals surface area contributed by atoms with Gasteiger partial charge >= 0.3 is 35.3 Å². The van der Waals surface area contributed by atoms with Gasteiger partial charge in [0.05, 0.1) is 0 Å². The molecule has 0 bridgehead atoms. The second-order valence-corrected chi connectivity index (χ2v) is 7.56. The topological polar surface area (TPSA) is 92.5 Å². The molecule has 2 atom stereocenters. The summed E-state index contributed by atoms with van der Waals surface area (Å²) >= 11 is -0.472. The second kappa shape index (κ2) is 9.29. The maximum absolute atomic E-state index is 9.22. The first-order chi connectivity index (χ1) is 9.99. The third-order valence-corrected chi connectivity index (χ3v) is 2.94. The van der Waals surface area contributed by atoms with E-state index in [1.807, 2.05) is 0 Å². The Balaban J connectivity index is 0.000000677. The molecule has 0 spiro atoms. The van der Waals surface area contributed by atoms with Gasteiger partial charge in [-0.05, 0) is 35.4 Å². The molecule has 0 fully saturated rings. The van der Waals surface area contributed by atoms with Gasteiger partial charge in [0, 0.05) is 12.1 Å². The summed E-state index contributed by atoms with van der Waals surface area (Å²) in [5.74, 6) is 0.397. The van der Waals surface area contributed by atoms with E-state index < -0.39 is 16.5 Å². The summed E-state index contributed by atoms with van der Waals surface area (Å²) in [4.78, 5) is 0. The van der Waals surface area contributed by atoms with Crippen molar-refractivity contribution in [2.45, 2.75) is 12.1 Å². The monoisotopic (exact) mass is 509 g/mol. The standard InChI is InChI=1S/C14H16N2O2.2ClH.Pt/c15-13(9-1-5-11(17)6-2-9)14(16)10-3-7-12(18)8-4-10;;;/h1-8,13-14,17-18H,15-16H2;2*1H;/q;;;+2/p-2. The molecule has 0 heterocycles. The van der Waals surface area contributed by atoms with Gasteiger partial charge in [0.15, 0.2) is 0 Å². The molecule has 0 aliphatic rings. The summed E-state index contributed by atoms with van der Waals surface area (Å²) in [6.07, 6.45) is 0. The molecule has 0 aromatic heterocycles. The molecule has 21 heavy (non-hydrogen) atoms. The molecule has 0 amide bonds. The molecule has 6 N–H and O–H groups in total. The Morgan fingerprint density at radius 2 is 0.952 bits per heavy atom. The van der Waals surface area contributed by atoms with Crippen molar-refractivity contribution in [1.82, 2.24) is 0 Å². The Labute approximate surface area is 140 Å². The summed E-state index contributed by atoms with van der Waals surface area (Å²) in [6.45, 7) is 0. The minimum absolute atomic E-state index is 0.198. The predicted octanol–water partition coefficient (Wildman–Crippen LogP) is 3.17. The Bertz CT molecular complexity index is 488. The molecule has 118 valence electrons. The van der Waals surface area contributed by atoms with E-state index in [0.29, 0.717) is 0 Å². The molecule has 4 nitrogen and oxygen atoms in total. The van der Waals surface area contributed by atoms with Crippen molar-refractivity contribution in [1.29, 1.82) is 0 Å². The van der Waals surface area contributed by atoms with E-state index in [9.17, 15) is 10.2 Å². The van der Waals surface area contributed by atoms with Crippen LogP contribution in [0.15, 0.2) is 48.5 Å². The number of rotatable bonds is 3. The van der Waals surface area contributed by atoms with Gasteiger partial charge in [-0.2, -0.15) is 0 Å². The summed E-state index contributed by atoms with van der Waals surface area (Å²) in [7, 11) is 9.75. The summed E-state index contributed by atoms with van der Waals surface area (Å²) in [5.41, 5.74) is 13.9. The molecule has 2 aromatic carbocycles. The van der Waals surface area contributed by atoms with E-state index in [1.54, 1.807) is 48.5 Å². The number of hydrogen-bond acceptors (Lipinski definition) is 4. The summed E-state index contributed by atoms with van der Waals surface area (Å²) < 4.78 is 0. The number of phenolic OH excluding ortho intramolecular Hbond substituents is 2. The van der Waals surface area contributed by atoms with Crippen LogP contribution in [0.5, 0.6) is 11.5 Å². The first kappa shape index (κ1) is 18.3. The Hall–Kier alpha value is -0.772. The third kappa shape index (κ3) is 5.85.